The topological polar surface area (TPSA) is 37.0 Å². The Morgan fingerprint density at radius 2 is 1.74 bits per heavy atom. The maximum Gasteiger partial charge on any atom is 0.169 e. The van der Waals surface area contributed by atoms with Crippen LogP contribution in [-0.2, 0) is 0 Å². The summed E-state index contributed by atoms with van der Waals surface area (Å²) < 4.78 is 40.5. The van der Waals surface area contributed by atoms with E-state index in [1.165, 1.54) is 25.2 Å². The highest BCUT2D eigenvalue weighted by atomic mass is 79.9. The van der Waals surface area contributed by atoms with Gasteiger partial charge in [-0.15, -0.1) is 0 Å². The molecule has 0 saturated carbocycles. The van der Waals surface area contributed by atoms with Crippen LogP contribution in [0.3, 0.4) is 0 Å². The molecule has 0 amide bonds. The Morgan fingerprint density at radius 3 is 2.42 bits per heavy atom. The standard InChI is InChI=1S/C12H9BrF3N3/c1-17-11-8(15)5-9(16)12(19-11)18-10-4-6(14)2-3-7(10)13/h2-5H,1H3,(H2,17,18,19). The number of hydrogen-bond acceptors (Lipinski definition) is 3. The Kier molecular flexibility index (Phi) is 3.94. The van der Waals surface area contributed by atoms with Gasteiger partial charge in [0.25, 0.3) is 0 Å². The van der Waals surface area contributed by atoms with Gasteiger partial charge in [-0.25, -0.2) is 18.2 Å². The summed E-state index contributed by atoms with van der Waals surface area (Å²) in [6.07, 6.45) is 0. The molecule has 1 aromatic heterocycles. The molecule has 0 fully saturated rings. The second-order valence-electron chi connectivity index (χ2n) is 3.65. The third kappa shape index (κ3) is 2.98. The van der Waals surface area contributed by atoms with E-state index in [0.717, 1.165) is 0 Å². The zero-order chi connectivity index (χ0) is 14.0. The van der Waals surface area contributed by atoms with Crippen molar-refractivity contribution in [3.05, 3.63) is 46.2 Å². The van der Waals surface area contributed by atoms with Crippen LogP contribution in [0.5, 0.6) is 0 Å². The van der Waals surface area contributed by atoms with Crippen LogP contribution < -0.4 is 10.6 Å². The second kappa shape index (κ2) is 5.48. The molecule has 2 N–H and O–H groups in total. The highest BCUT2D eigenvalue weighted by Crippen LogP contribution is 2.28. The Bertz CT molecular complexity index is 619. The van der Waals surface area contributed by atoms with Gasteiger partial charge in [0, 0.05) is 17.6 Å². The summed E-state index contributed by atoms with van der Waals surface area (Å²) in [6.45, 7) is 0. The van der Waals surface area contributed by atoms with Crippen LogP contribution in [0.25, 0.3) is 0 Å². The Balaban J connectivity index is 2.40. The molecule has 19 heavy (non-hydrogen) atoms. The van der Waals surface area contributed by atoms with E-state index in [4.69, 9.17) is 0 Å². The first-order valence-corrected chi connectivity index (χ1v) is 6.06. The van der Waals surface area contributed by atoms with Gasteiger partial charge in [0.15, 0.2) is 23.3 Å². The van der Waals surface area contributed by atoms with E-state index in [-0.39, 0.29) is 11.6 Å². The monoisotopic (exact) mass is 331 g/mol. The summed E-state index contributed by atoms with van der Waals surface area (Å²) in [5, 5.41) is 5.10. The third-order valence-corrected chi connectivity index (χ3v) is 3.04. The van der Waals surface area contributed by atoms with Crippen LogP contribution in [0.2, 0.25) is 0 Å². The van der Waals surface area contributed by atoms with Gasteiger partial charge in [-0.05, 0) is 34.1 Å². The van der Waals surface area contributed by atoms with E-state index in [0.29, 0.717) is 16.2 Å². The molecular weight excluding hydrogens is 323 g/mol. The Labute approximate surface area is 116 Å². The molecule has 1 heterocycles. The zero-order valence-electron chi connectivity index (χ0n) is 9.77. The first kappa shape index (κ1) is 13.7. The number of nitrogens with one attached hydrogen (secondary N) is 2. The number of benzene rings is 1. The fourth-order valence-corrected chi connectivity index (χ4v) is 1.80. The molecule has 0 aliphatic heterocycles. The average molecular weight is 332 g/mol. The minimum Gasteiger partial charge on any atom is -0.371 e. The molecule has 0 atom stereocenters. The number of hydrogen-bond donors (Lipinski definition) is 2. The normalized spacial score (nSPS) is 10.4. The number of pyridine rings is 1. The number of rotatable bonds is 3. The first-order valence-electron chi connectivity index (χ1n) is 5.27. The molecule has 0 radical (unpaired) electrons. The molecule has 0 saturated heterocycles. The van der Waals surface area contributed by atoms with Crippen molar-refractivity contribution in [3.63, 3.8) is 0 Å². The Hall–Kier alpha value is -1.76. The highest BCUT2D eigenvalue weighted by molar-refractivity contribution is 9.10. The molecular formula is C12H9BrF3N3. The molecule has 3 nitrogen and oxygen atoms in total. The van der Waals surface area contributed by atoms with Gasteiger partial charge in [-0.2, -0.15) is 0 Å². The van der Waals surface area contributed by atoms with Crippen LogP contribution in [0.4, 0.5) is 30.5 Å². The number of nitrogens with zero attached hydrogens (tertiary/aromatic N) is 1. The molecule has 1 aromatic carbocycles. The van der Waals surface area contributed by atoms with Crippen molar-refractivity contribution in [2.75, 3.05) is 17.7 Å². The summed E-state index contributed by atoms with van der Waals surface area (Å²) in [6, 6.07) is 4.60. The number of aromatic nitrogens is 1. The smallest absolute Gasteiger partial charge is 0.169 e. The van der Waals surface area contributed by atoms with E-state index < -0.39 is 17.5 Å². The van der Waals surface area contributed by atoms with Crippen LogP contribution in [0.1, 0.15) is 0 Å². The molecule has 100 valence electrons. The van der Waals surface area contributed by atoms with Gasteiger partial charge in [-0.3, -0.25) is 0 Å². The zero-order valence-corrected chi connectivity index (χ0v) is 11.4. The van der Waals surface area contributed by atoms with E-state index >= 15 is 0 Å². The molecule has 0 aliphatic rings. The van der Waals surface area contributed by atoms with Crippen LogP contribution in [0.15, 0.2) is 28.7 Å². The predicted octanol–water partition coefficient (Wildman–Crippen LogP) is 4.05. The molecule has 0 unspecified atom stereocenters. The first-order chi connectivity index (χ1) is 9.01. The van der Waals surface area contributed by atoms with Gasteiger partial charge in [0.1, 0.15) is 5.82 Å². The van der Waals surface area contributed by atoms with Crippen LogP contribution >= 0.6 is 15.9 Å². The fraction of sp³-hybridized carbons (Fsp3) is 0.0833. The summed E-state index contributed by atoms with van der Waals surface area (Å²) in [7, 11) is 1.46. The van der Waals surface area contributed by atoms with Crippen molar-refractivity contribution in [2.24, 2.45) is 0 Å². The van der Waals surface area contributed by atoms with Gasteiger partial charge < -0.3 is 10.6 Å². The number of anilines is 3. The minimum absolute atomic E-state index is 0.101. The lowest BCUT2D eigenvalue weighted by Gasteiger charge is -2.10. The van der Waals surface area contributed by atoms with Crippen molar-refractivity contribution in [3.8, 4) is 0 Å². The SMILES string of the molecule is CNc1nc(Nc2cc(F)ccc2Br)c(F)cc1F. The second-order valence-corrected chi connectivity index (χ2v) is 4.50. The van der Waals surface area contributed by atoms with E-state index in [9.17, 15) is 13.2 Å². The lowest BCUT2D eigenvalue weighted by atomic mass is 10.3. The van der Waals surface area contributed by atoms with E-state index in [2.05, 4.69) is 31.5 Å². The van der Waals surface area contributed by atoms with Crippen molar-refractivity contribution in [2.45, 2.75) is 0 Å². The lowest BCUT2D eigenvalue weighted by Crippen LogP contribution is -2.04. The van der Waals surface area contributed by atoms with E-state index in [1.807, 2.05) is 0 Å². The molecule has 7 heteroatoms. The molecule has 2 aromatic rings. The van der Waals surface area contributed by atoms with Gasteiger partial charge >= 0.3 is 0 Å². The summed E-state index contributed by atoms with van der Waals surface area (Å²) in [5.41, 5.74) is 0.292. The Morgan fingerprint density at radius 1 is 1.05 bits per heavy atom. The van der Waals surface area contributed by atoms with Crippen molar-refractivity contribution >= 4 is 33.3 Å². The summed E-state index contributed by atoms with van der Waals surface area (Å²) in [4.78, 5) is 3.74. The summed E-state index contributed by atoms with van der Waals surface area (Å²) in [5.74, 6) is -2.45. The molecule has 2 rings (SSSR count). The molecule has 0 spiro atoms. The van der Waals surface area contributed by atoms with Gasteiger partial charge in [0.2, 0.25) is 0 Å². The van der Waals surface area contributed by atoms with Crippen molar-refractivity contribution in [1.29, 1.82) is 0 Å². The summed E-state index contributed by atoms with van der Waals surface area (Å²) >= 11 is 3.19. The quantitative estimate of drug-likeness (QED) is 0.891. The maximum absolute atomic E-state index is 13.6. The number of halogens is 4. The lowest BCUT2D eigenvalue weighted by molar-refractivity contribution is 0.580. The highest BCUT2D eigenvalue weighted by Gasteiger charge is 2.12. The fourth-order valence-electron chi connectivity index (χ4n) is 1.45. The largest absolute Gasteiger partial charge is 0.371 e. The van der Waals surface area contributed by atoms with Gasteiger partial charge in [-0.1, -0.05) is 0 Å². The molecule has 0 aliphatic carbocycles. The predicted molar refractivity (Wildman–Crippen MR) is 71.1 cm³/mol. The van der Waals surface area contributed by atoms with E-state index in [1.54, 1.807) is 0 Å². The van der Waals surface area contributed by atoms with Crippen LogP contribution in [0, 0.1) is 17.5 Å². The van der Waals surface area contributed by atoms with Crippen molar-refractivity contribution < 1.29 is 13.2 Å². The van der Waals surface area contributed by atoms with Crippen LogP contribution in [-0.4, -0.2) is 12.0 Å². The third-order valence-electron chi connectivity index (χ3n) is 2.35. The van der Waals surface area contributed by atoms with Gasteiger partial charge in [0.05, 0.1) is 5.69 Å². The van der Waals surface area contributed by atoms with Crippen molar-refractivity contribution in [1.82, 2.24) is 4.98 Å². The average Bonchev–Trinajstić information content (AvgIpc) is 2.37. The maximum atomic E-state index is 13.6. The molecule has 0 bridgehead atoms. The minimum atomic E-state index is -0.868.